The first-order valence-electron chi connectivity index (χ1n) is 2.40. The Balaban J connectivity index is 0.000000640. The van der Waals surface area contributed by atoms with Gasteiger partial charge in [0.25, 0.3) is 0 Å². The zero-order valence-electron chi connectivity index (χ0n) is 4.78. The second-order valence-electron chi connectivity index (χ2n) is 1.60. The van der Waals surface area contributed by atoms with Crippen molar-refractivity contribution in [2.75, 3.05) is 13.2 Å². The van der Waals surface area contributed by atoms with E-state index in [-0.39, 0.29) is 24.3 Å². The SMILES string of the molecule is Cl.NC1=NCC(CO)S1. The third-order valence-electron chi connectivity index (χ3n) is 0.942. The highest BCUT2D eigenvalue weighted by atomic mass is 35.5. The molecule has 1 rings (SSSR count). The molecule has 1 unspecified atom stereocenters. The van der Waals surface area contributed by atoms with E-state index in [0.717, 1.165) is 0 Å². The molecule has 0 fully saturated rings. The van der Waals surface area contributed by atoms with Crippen LogP contribution in [0.2, 0.25) is 0 Å². The number of hydrogen-bond acceptors (Lipinski definition) is 4. The largest absolute Gasteiger partial charge is 0.395 e. The molecule has 0 saturated heterocycles. The molecule has 9 heavy (non-hydrogen) atoms. The van der Waals surface area contributed by atoms with Gasteiger partial charge in [-0.1, -0.05) is 11.8 Å². The second-order valence-corrected chi connectivity index (χ2v) is 2.92. The number of rotatable bonds is 1. The van der Waals surface area contributed by atoms with Crippen LogP contribution in [0, 0.1) is 0 Å². The van der Waals surface area contributed by atoms with Gasteiger partial charge in [0, 0.05) is 0 Å². The Bertz CT molecular complexity index is 119. The van der Waals surface area contributed by atoms with Crippen molar-refractivity contribution >= 4 is 29.3 Å². The van der Waals surface area contributed by atoms with E-state index in [1.807, 2.05) is 0 Å². The monoisotopic (exact) mass is 168 g/mol. The van der Waals surface area contributed by atoms with E-state index in [1.165, 1.54) is 11.8 Å². The second kappa shape index (κ2) is 3.98. The topological polar surface area (TPSA) is 58.6 Å². The highest BCUT2D eigenvalue weighted by Gasteiger charge is 2.15. The molecule has 1 aliphatic heterocycles. The number of nitrogens with two attached hydrogens (primary N) is 1. The molecule has 1 heterocycles. The molecule has 5 heteroatoms. The van der Waals surface area contributed by atoms with E-state index in [4.69, 9.17) is 10.8 Å². The van der Waals surface area contributed by atoms with Gasteiger partial charge < -0.3 is 10.8 Å². The van der Waals surface area contributed by atoms with Crippen LogP contribution in [0.1, 0.15) is 0 Å². The molecule has 3 N–H and O–H groups in total. The minimum atomic E-state index is 0. The molecule has 0 bridgehead atoms. The van der Waals surface area contributed by atoms with Gasteiger partial charge in [-0.25, -0.2) is 0 Å². The Hall–Kier alpha value is 0.0700. The van der Waals surface area contributed by atoms with Crippen LogP contribution in [-0.4, -0.2) is 28.7 Å². The highest BCUT2D eigenvalue weighted by molar-refractivity contribution is 8.14. The van der Waals surface area contributed by atoms with Crippen molar-refractivity contribution in [1.82, 2.24) is 0 Å². The van der Waals surface area contributed by atoms with E-state index >= 15 is 0 Å². The summed E-state index contributed by atoms with van der Waals surface area (Å²) in [4.78, 5) is 3.89. The first kappa shape index (κ1) is 9.07. The maximum atomic E-state index is 8.53. The Morgan fingerprint density at radius 1 is 1.89 bits per heavy atom. The van der Waals surface area contributed by atoms with Gasteiger partial charge in [0.1, 0.15) is 0 Å². The lowest BCUT2D eigenvalue weighted by Gasteiger charge is -1.98. The summed E-state index contributed by atoms with van der Waals surface area (Å²) in [5.74, 6) is 0. The van der Waals surface area contributed by atoms with E-state index in [0.29, 0.717) is 11.7 Å². The number of nitrogens with zero attached hydrogens (tertiary/aromatic N) is 1. The molecule has 3 nitrogen and oxygen atoms in total. The Kier molecular flexibility index (Phi) is 4.01. The number of hydrogen-bond donors (Lipinski definition) is 2. The van der Waals surface area contributed by atoms with Gasteiger partial charge in [0.05, 0.1) is 18.4 Å². The van der Waals surface area contributed by atoms with Crippen LogP contribution in [0.4, 0.5) is 0 Å². The summed E-state index contributed by atoms with van der Waals surface area (Å²) >= 11 is 1.44. The highest BCUT2D eigenvalue weighted by Crippen LogP contribution is 2.16. The minimum Gasteiger partial charge on any atom is -0.395 e. The molecule has 0 aromatic carbocycles. The fourth-order valence-electron chi connectivity index (χ4n) is 0.532. The van der Waals surface area contributed by atoms with Crippen LogP contribution in [-0.2, 0) is 0 Å². The van der Waals surface area contributed by atoms with Crippen molar-refractivity contribution in [1.29, 1.82) is 0 Å². The molecule has 0 aromatic heterocycles. The van der Waals surface area contributed by atoms with Gasteiger partial charge in [0.15, 0.2) is 5.17 Å². The maximum Gasteiger partial charge on any atom is 0.154 e. The normalized spacial score (nSPS) is 25.0. The summed E-state index contributed by atoms with van der Waals surface area (Å²) in [5, 5.41) is 9.35. The molecular weight excluding hydrogens is 160 g/mol. The first-order valence-corrected chi connectivity index (χ1v) is 3.28. The van der Waals surface area contributed by atoms with Crippen LogP contribution in [0.25, 0.3) is 0 Å². The standard InChI is InChI=1S/C4H8N2OS.ClH/c5-4-6-1-3(2-7)8-4;/h3,7H,1-2H2,(H2,5,6);1H. The molecule has 1 aliphatic rings. The molecule has 0 saturated carbocycles. The average molecular weight is 169 g/mol. The zero-order valence-corrected chi connectivity index (χ0v) is 6.41. The smallest absolute Gasteiger partial charge is 0.154 e. The predicted octanol–water partition coefficient (Wildman–Crippen LogP) is -0.169. The number of amidine groups is 1. The number of aliphatic hydroxyl groups is 1. The van der Waals surface area contributed by atoms with Gasteiger partial charge in [-0.3, -0.25) is 4.99 Å². The fraction of sp³-hybridized carbons (Fsp3) is 0.750. The zero-order chi connectivity index (χ0) is 5.98. The van der Waals surface area contributed by atoms with Gasteiger partial charge in [-0.05, 0) is 0 Å². The molecule has 0 amide bonds. The number of aliphatic hydroxyl groups excluding tert-OH is 1. The Labute approximate surface area is 64.1 Å². The van der Waals surface area contributed by atoms with Crippen LogP contribution < -0.4 is 5.73 Å². The third-order valence-corrected chi connectivity index (χ3v) is 1.94. The van der Waals surface area contributed by atoms with Crippen molar-refractivity contribution in [3.8, 4) is 0 Å². The van der Waals surface area contributed by atoms with Crippen LogP contribution in [0.3, 0.4) is 0 Å². The van der Waals surface area contributed by atoms with Gasteiger partial charge in [-0.15, -0.1) is 12.4 Å². The van der Waals surface area contributed by atoms with Crippen molar-refractivity contribution in [2.24, 2.45) is 10.7 Å². The molecular formula is C4H9ClN2OS. The molecule has 0 aliphatic carbocycles. The first-order chi connectivity index (χ1) is 3.83. The maximum absolute atomic E-state index is 8.53. The minimum absolute atomic E-state index is 0. The van der Waals surface area contributed by atoms with E-state index in [1.54, 1.807) is 0 Å². The summed E-state index contributed by atoms with van der Waals surface area (Å²) in [6.45, 7) is 0.849. The van der Waals surface area contributed by atoms with Gasteiger partial charge >= 0.3 is 0 Å². The van der Waals surface area contributed by atoms with Crippen molar-refractivity contribution in [3.63, 3.8) is 0 Å². The fourth-order valence-corrected chi connectivity index (χ4v) is 1.25. The summed E-state index contributed by atoms with van der Waals surface area (Å²) in [6.07, 6.45) is 0. The number of aliphatic imine (C=N–C) groups is 1. The van der Waals surface area contributed by atoms with Crippen LogP contribution >= 0.6 is 24.2 Å². The average Bonchev–Trinajstić information content (AvgIpc) is 2.14. The van der Waals surface area contributed by atoms with Crippen molar-refractivity contribution < 1.29 is 5.11 Å². The predicted molar refractivity (Wildman–Crippen MR) is 42.2 cm³/mol. The molecule has 54 valence electrons. The van der Waals surface area contributed by atoms with Gasteiger partial charge in [-0.2, -0.15) is 0 Å². The van der Waals surface area contributed by atoms with E-state index < -0.39 is 0 Å². The lowest BCUT2D eigenvalue weighted by atomic mass is 10.4. The summed E-state index contributed by atoms with van der Waals surface area (Å²) in [7, 11) is 0. The Morgan fingerprint density at radius 3 is 2.78 bits per heavy atom. The number of halogens is 1. The van der Waals surface area contributed by atoms with Crippen LogP contribution in [0.5, 0.6) is 0 Å². The lowest BCUT2D eigenvalue weighted by Crippen LogP contribution is -2.10. The van der Waals surface area contributed by atoms with Gasteiger partial charge in [0.2, 0.25) is 0 Å². The Morgan fingerprint density at radius 2 is 2.56 bits per heavy atom. The molecule has 0 aromatic rings. The quantitative estimate of drug-likeness (QED) is 0.572. The molecule has 0 spiro atoms. The molecule has 1 atom stereocenters. The number of thioether (sulfide) groups is 1. The summed E-state index contributed by atoms with van der Waals surface area (Å²) in [5.41, 5.74) is 5.30. The lowest BCUT2D eigenvalue weighted by molar-refractivity contribution is 0.297. The van der Waals surface area contributed by atoms with E-state index in [2.05, 4.69) is 4.99 Å². The summed E-state index contributed by atoms with van der Waals surface area (Å²) < 4.78 is 0. The molecule has 0 radical (unpaired) electrons. The van der Waals surface area contributed by atoms with Crippen LogP contribution in [0.15, 0.2) is 4.99 Å². The summed E-state index contributed by atoms with van der Waals surface area (Å²) in [6, 6.07) is 0. The van der Waals surface area contributed by atoms with Crippen molar-refractivity contribution in [3.05, 3.63) is 0 Å². The van der Waals surface area contributed by atoms with E-state index in [9.17, 15) is 0 Å². The third kappa shape index (κ3) is 2.43. The van der Waals surface area contributed by atoms with Crippen molar-refractivity contribution in [2.45, 2.75) is 5.25 Å².